The zero-order chi connectivity index (χ0) is 19.9. The molecule has 0 N–H and O–H groups in total. The Balaban J connectivity index is 1.88. The number of methoxy groups -OCH3 is 1. The maximum Gasteiger partial charge on any atom is 0.310 e. The maximum absolute atomic E-state index is 13.1. The van der Waals surface area contributed by atoms with Crippen molar-refractivity contribution < 1.29 is 19.1 Å². The molecule has 0 aromatic heterocycles. The van der Waals surface area contributed by atoms with Crippen molar-refractivity contribution in [1.82, 2.24) is 4.90 Å². The van der Waals surface area contributed by atoms with E-state index in [1.54, 1.807) is 25.0 Å². The number of rotatable bonds is 7. The van der Waals surface area contributed by atoms with Crippen molar-refractivity contribution in [2.24, 2.45) is 0 Å². The number of benzene rings is 2. The molecule has 0 spiro atoms. The topological polar surface area (TPSA) is 55.8 Å². The monoisotopic (exact) mass is 379 g/mol. The van der Waals surface area contributed by atoms with Gasteiger partial charge in [-0.05, 0) is 48.2 Å². The summed E-state index contributed by atoms with van der Waals surface area (Å²) in [5.41, 5.74) is 3.54. The average Bonchev–Trinajstić information content (AvgIpc) is 2.83. The van der Waals surface area contributed by atoms with E-state index in [2.05, 4.69) is 12.1 Å². The van der Waals surface area contributed by atoms with Crippen molar-refractivity contribution in [2.75, 3.05) is 20.3 Å². The van der Waals surface area contributed by atoms with E-state index >= 15 is 0 Å². The van der Waals surface area contributed by atoms with E-state index in [0.29, 0.717) is 25.3 Å². The van der Waals surface area contributed by atoms with Crippen LogP contribution in [-0.2, 0) is 27.3 Å². The van der Waals surface area contributed by atoms with Gasteiger partial charge >= 0.3 is 5.97 Å². The van der Waals surface area contributed by atoms with Gasteiger partial charge in [0.05, 0.1) is 20.1 Å². The highest BCUT2D eigenvalue weighted by Gasteiger charge is 2.25. The molecule has 2 aromatic carbocycles. The van der Waals surface area contributed by atoms with Crippen molar-refractivity contribution in [3.63, 3.8) is 0 Å². The van der Waals surface area contributed by atoms with Gasteiger partial charge in [0.2, 0.25) is 0 Å². The first-order chi connectivity index (χ1) is 13.6. The fraction of sp³-hybridized carbons (Fsp3) is 0.304. The van der Waals surface area contributed by atoms with Crippen molar-refractivity contribution >= 4 is 18.0 Å². The number of esters is 1. The highest BCUT2D eigenvalue weighted by molar-refractivity contribution is 6.02. The Labute approximate surface area is 165 Å². The van der Waals surface area contributed by atoms with E-state index in [-0.39, 0.29) is 12.3 Å². The molecule has 5 nitrogen and oxygen atoms in total. The Morgan fingerprint density at radius 2 is 1.93 bits per heavy atom. The molecule has 1 amide bonds. The molecule has 2 aromatic rings. The number of nitrogens with zero attached hydrogens (tertiary/aromatic N) is 1. The highest BCUT2D eigenvalue weighted by atomic mass is 16.5. The summed E-state index contributed by atoms with van der Waals surface area (Å²) in [6.07, 6.45) is 2.51. The average molecular weight is 379 g/mol. The Bertz CT molecular complexity index is 873. The van der Waals surface area contributed by atoms with Crippen LogP contribution in [0.4, 0.5) is 0 Å². The third-order valence-electron chi connectivity index (χ3n) is 4.76. The van der Waals surface area contributed by atoms with Gasteiger partial charge in [-0.25, -0.2) is 0 Å². The second-order valence-electron chi connectivity index (χ2n) is 6.68. The third-order valence-corrected chi connectivity index (χ3v) is 4.76. The Morgan fingerprint density at radius 1 is 1.14 bits per heavy atom. The summed E-state index contributed by atoms with van der Waals surface area (Å²) in [6, 6.07) is 15.8. The lowest BCUT2D eigenvalue weighted by Crippen LogP contribution is -2.33. The maximum atomic E-state index is 13.1. The summed E-state index contributed by atoms with van der Waals surface area (Å²) in [7, 11) is 1.61. The Hall–Kier alpha value is -3.08. The first-order valence-corrected chi connectivity index (χ1v) is 9.47. The number of carbonyl (C=O) groups is 2. The Kier molecular flexibility index (Phi) is 6.48. The number of ether oxygens (including phenoxy) is 2. The van der Waals surface area contributed by atoms with Crippen LogP contribution in [0, 0.1) is 0 Å². The standard InChI is InChI=1S/C23H25NO4/c1-3-28-22(25)15-20-13-19-14-21(27-2)10-9-18(19)16-24(23(20)26)12-11-17-7-5-4-6-8-17/h4-10,13-14H,3,11-12,15-16H2,1-2H3. The molecule has 0 atom stereocenters. The van der Waals surface area contributed by atoms with E-state index in [4.69, 9.17) is 9.47 Å². The minimum Gasteiger partial charge on any atom is -0.497 e. The minimum absolute atomic E-state index is 0.0365. The summed E-state index contributed by atoms with van der Waals surface area (Å²) in [5.74, 6) is 0.200. The van der Waals surface area contributed by atoms with Crippen LogP contribution in [0.15, 0.2) is 54.1 Å². The molecule has 0 aliphatic carbocycles. The zero-order valence-corrected chi connectivity index (χ0v) is 16.3. The summed E-state index contributed by atoms with van der Waals surface area (Å²) < 4.78 is 10.4. The second kappa shape index (κ2) is 9.22. The molecule has 3 rings (SSSR count). The molecule has 28 heavy (non-hydrogen) atoms. The normalized spacial score (nSPS) is 13.4. The van der Waals surface area contributed by atoms with Crippen LogP contribution in [0.5, 0.6) is 5.75 Å². The van der Waals surface area contributed by atoms with Gasteiger partial charge in [-0.3, -0.25) is 9.59 Å². The molecule has 0 unspecified atom stereocenters. The molecule has 0 saturated heterocycles. The first kappa shape index (κ1) is 19.7. The molecule has 1 heterocycles. The van der Waals surface area contributed by atoms with E-state index < -0.39 is 5.97 Å². The van der Waals surface area contributed by atoms with E-state index in [1.165, 1.54) is 5.56 Å². The second-order valence-corrected chi connectivity index (χ2v) is 6.68. The molecule has 0 fully saturated rings. The largest absolute Gasteiger partial charge is 0.497 e. The first-order valence-electron chi connectivity index (χ1n) is 9.47. The molecule has 1 aliphatic rings. The zero-order valence-electron chi connectivity index (χ0n) is 16.3. The van der Waals surface area contributed by atoms with Crippen LogP contribution < -0.4 is 4.74 Å². The van der Waals surface area contributed by atoms with E-state index in [9.17, 15) is 9.59 Å². The summed E-state index contributed by atoms with van der Waals surface area (Å²) in [5, 5.41) is 0. The lowest BCUT2D eigenvalue weighted by atomic mass is 10.0. The molecule has 5 heteroatoms. The van der Waals surface area contributed by atoms with Crippen molar-refractivity contribution in [2.45, 2.75) is 26.3 Å². The number of amides is 1. The number of hydrogen-bond acceptors (Lipinski definition) is 4. The van der Waals surface area contributed by atoms with Crippen LogP contribution in [0.3, 0.4) is 0 Å². The van der Waals surface area contributed by atoms with Crippen molar-refractivity contribution in [1.29, 1.82) is 0 Å². The predicted octanol–water partition coefficient (Wildman–Crippen LogP) is 3.62. The van der Waals surface area contributed by atoms with Gasteiger partial charge in [0.1, 0.15) is 5.75 Å². The fourth-order valence-electron chi connectivity index (χ4n) is 3.29. The number of carbonyl (C=O) groups excluding carboxylic acids is 2. The summed E-state index contributed by atoms with van der Waals surface area (Å²) in [6.45, 7) is 3.12. The SMILES string of the molecule is CCOC(=O)CC1=Cc2cc(OC)ccc2CN(CCc2ccccc2)C1=O. The molecule has 1 aliphatic heterocycles. The molecule has 0 radical (unpaired) electrons. The molecular formula is C23H25NO4. The van der Waals surface area contributed by atoms with Crippen LogP contribution in [-0.4, -0.2) is 37.0 Å². The van der Waals surface area contributed by atoms with Gasteiger partial charge in [-0.2, -0.15) is 0 Å². The molecule has 0 saturated carbocycles. The predicted molar refractivity (Wildman–Crippen MR) is 108 cm³/mol. The number of hydrogen-bond donors (Lipinski definition) is 0. The smallest absolute Gasteiger partial charge is 0.310 e. The van der Waals surface area contributed by atoms with Gasteiger partial charge in [0.15, 0.2) is 0 Å². The lowest BCUT2D eigenvalue weighted by molar-refractivity contribution is -0.143. The fourth-order valence-corrected chi connectivity index (χ4v) is 3.29. The van der Waals surface area contributed by atoms with Gasteiger partial charge < -0.3 is 14.4 Å². The van der Waals surface area contributed by atoms with E-state index in [0.717, 1.165) is 23.3 Å². The van der Waals surface area contributed by atoms with E-state index in [1.807, 2.05) is 36.4 Å². The molecule has 0 bridgehead atoms. The van der Waals surface area contributed by atoms with Crippen molar-refractivity contribution in [3.8, 4) is 5.75 Å². The Morgan fingerprint density at radius 3 is 2.64 bits per heavy atom. The van der Waals surface area contributed by atoms with Crippen LogP contribution in [0.25, 0.3) is 6.08 Å². The third kappa shape index (κ3) is 4.80. The minimum atomic E-state index is -0.392. The molecule has 146 valence electrons. The van der Waals surface area contributed by atoms with Crippen LogP contribution >= 0.6 is 0 Å². The lowest BCUT2D eigenvalue weighted by Gasteiger charge is -2.22. The highest BCUT2D eigenvalue weighted by Crippen LogP contribution is 2.27. The number of fused-ring (bicyclic) bond motifs is 1. The van der Waals surface area contributed by atoms with Gasteiger partial charge in [0, 0.05) is 18.7 Å². The summed E-state index contributed by atoms with van der Waals surface area (Å²) in [4.78, 5) is 27.0. The van der Waals surface area contributed by atoms with Crippen LogP contribution in [0.1, 0.15) is 30.0 Å². The summed E-state index contributed by atoms with van der Waals surface area (Å²) >= 11 is 0. The quantitative estimate of drug-likeness (QED) is 0.690. The van der Waals surface area contributed by atoms with Gasteiger partial charge in [-0.15, -0.1) is 0 Å². The van der Waals surface area contributed by atoms with Gasteiger partial charge in [-0.1, -0.05) is 36.4 Å². The van der Waals surface area contributed by atoms with Crippen LogP contribution in [0.2, 0.25) is 0 Å². The van der Waals surface area contributed by atoms with Gasteiger partial charge in [0.25, 0.3) is 5.91 Å². The molecular weight excluding hydrogens is 354 g/mol. The van der Waals surface area contributed by atoms with Crippen molar-refractivity contribution in [3.05, 3.63) is 70.8 Å².